The van der Waals surface area contributed by atoms with Gasteiger partial charge in [0.15, 0.2) is 15.4 Å². The molecule has 20 heavy (non-hydrogen) atoms. The average molecular weight is 314 g/mol. The highest BCUT2D eigenvalue weighted by Gasteiger charge is 2.35. The molecule has 4 nitrogen and oxygen atoms in total. The molecule has 1 aromatic carbocycles. The molecule has 6 heteroatoms. The second-order valence-corrected chi connectivity index (χ2v) is 7.87. The molecule has 0 aliphatic carbocycles. The average Bonchev–Trinajstić information content (AvgIpc) is 2.95. The van der Waals surface area contributed by atoms with Gasteiger partial charge in [-0.05, 0) is 31.5 Å². The van der Waals surface area contributed by atoms with Gasteiger partial charge in [-0.25, -0.2) is 8.42 Å². The van der Waals surface area contributed by atoms with Gasteiger partial charge in [-0.2, -0.15) is 0 Å². The van der Waals surface area contributed by atoms with E-state index >= 15 is 0 Å². The molecule has 0 radical (unpaired) electrons. The smallest absolute Gasteiger partial charge is 0.152 e. The van der Waals surface area contributed by atoms with Gasteiger partial charge < -0.3 is 9.73 Å². The third-order valence-corrected chi connectivity index (χ3v) is 5.96. The molecule has 1 saturated heterocycles. The number of rotatable bonds is 3. The van der Waals surface area contributed by atoms with Crippen LogP contribution in [0.4, 0.5) is 0 Å². The van der Waals surface area contributed by atoms with E-state index in [-0.39, 0.29) is 23.5 Å². The van der Waals surface area contributed by atoms with E-state index in [0.29, 0.717) is 17.0 Å². The zero-order valence-corrected chi connectivity index (χ0v) is 12.7. The van der Waals surface area contributed by atoms with Gasteiger partial charge in [0.25, 0.3) is 0 Å². The lowest BCUT2D eigenvalue weighted by Crippen LogP contribution is -2.25. The topological polar surface area (TPSA) is 59.3 Å². The van der Waals surface area contributed by atoms with E-state index in [2.05, 4.69) is 5.32 Å². The summed E-state index contributed by atoms with van der Waals surface area (Å²) in [5, 5.41) is 4.69. The minimum Gasteiger partial charge on any atom is -0.458 e. The second kappa shape index (κ2) is 5.06. The molecule has 1 aromatic heterocycles. The third kappa shape index (κ3) is 2.45. The summed E-state index contributed by atoms with van der Waals surface area (Å²) in [4.78, 5) is 0. The molecule has 0 amide bonds. The van der Waals surface area contributed by atoms with Gasteiger partial charge in [0.2, 0.25) is 0 Å². The van der Waals surface area contributed by atoms with Crippen LogP contribution in [-0.2, 0) is 9.84 Å². The van der Waals surface area contributed by atoms with E-state index < -0.39 is 9.84 Å². The predicted octanol–water partition coefficient (Wildman–Crippen LogP) is 2.78. The third-order valence-electron chi connectivity index (χ3n) is 3.87. The minimum atomic E-state index is -2.90. The van der Waals surface area contributed by atoms with Gasteiger partial charge >= 0.3 is 0 Å². The van der Waals surface area contributed by atoms with Crippen molar-refractivity contribution in [2.24, 2.45) is 5.92 Å². The molecule has 1 aliphatic rings. The molecule has 2 aromatic rings. The van der Waals surface area contributed by atoms with Crippen LogP contribution < -0.4 is 5.32 Å². The molecule has 1 N–H and O–H groups in total. The summed E-state index contributed by atoms with van der Waals surface area (Å²) < 4.78 is 29.1. The maximum Gasteiger partial charge on any atom is 0.152 e. The maximum atomic E-state index is 11.6. The molecule has 0 spiro atoms. The molecule has 1 aliphatic heterocycles. The predicted molar refractivity (Wildman–Crippen MR) is 79.8 cm³/mol. The molecule has 2 atom stereocenters. The Balaban J connectivity index is 1.97. The molecule has 0 bridgehead atoms. The Morgan fingerprint density at radius 3 is 2.85 bits per heavy atom. The van der Waals surface area contributed by atoms with Crippen molar-refractivity contribution in [2.45, 2.75) is 12.5 Å². The van der Waals surface area contributed by atoms with Crippen LogP contribution in [0.5, 0.6) is 0 Å². The fourth-order valence-electron chi connectivity index (χ4n) is 2.90. The van der Waals surface area contributed by atoms with Crippen LogP contribution >= 0.6 is 11.6 Å². The number of sulfone groups is 1. The van der Waals surface area contributed by atoms with E-state index in [9.17, 15) is 8.42 Å². The highest BCUT2D eigenvalue weighted by Crippen LogP contribution is 2.35. The van der Waals surface area contributed by atoms with Crippen LogP contribution in [-0.4, -0.2) is 27.0 Å². The van der Waals surface area contributed by atoms with E-state index in [0.717, 1.165) is 11.1 Å². The summed E-state index contributed by atoms with van der Waals surface area (Å²) in [6.45, 7) is 0. The van der Waals surface area contributed by atoms with Crippen molar-refractivity contribution >= 4 is 32.4 Å². The standard InChI is InChI=1S/C14H16ClNO3S/c1-16-13(10-5-6-20(17,18)8-10)12-7-9-3-2-4-11(15)14(9)19-12/h2-4,7,10,13,16H,5-6,8H2,1H3. The zero-order valence-electron chi connectivity index (χ0n) is 11.1. The largest absolute Gasteiger partial charge is 0.458 e. The summed E-state index contributed by atoms with van der Waals surface area (Å²) in [5.74, 6) is 1.27. The molecule has 2 unspecified atom stereocenters. The van der Waals surface area contributed by atoms with E-state index in [1.165, 1.54) is 0 Å². The normalized spacial score (nSPS) is 23.2. The van der Waals surface area contributed by atoms with Gasteiger partial charge in [0, 0.05) is 5.39 Å². The molecule has 0 saturated carbocycles. The fraction of sp³-hybridized carbons (Fsp3) is 0.429. The first-order valence-corrected chi connectivity index (χ1v) is 8.76. The lowest BCUT2D eigenvalue weighted by molar-refractivity contribution is 0.356. The molecule has 1 fully saturated rings. The summed E-state index contributed by atoms with van der Waals surface area (Å²) in [7, 11) is -1.08. The number of halogens is 1. The zero-order chi connectivity index (χ0) is 14.3. The number of fused-ring (bicyclic) bond motifs is 1. The Hall–Kier alpha value is -1.04. The number of para-hydroxylation sites is 1. The van der Waals surface area contributed by atoms with Crippen LogP contribution in [0.15, 0.2) is 28.7 Å². The minimum absolute atomic E-state index is 0.0457. The Kier molecular flexibility index (Phi) is 3.52. The van der Waals surface area contributed by atoms with Crippen LogP contribution in [0.1, 0.15) is 18.2 Å². The highest BCUT2D eigenvalue weighted by molar-refractivity contribution is 7.91. The lowest BCUT2D eigenvalue weighted by atomic mass is 9.97. The van der Waals surface area contributed by atoms with Gasteiger partial charge in [0.1, 0.15) is 5.76 Å². The molecule has 3 rings (SSSR count). The van der Waals surface area contributed by atoms with Crippen LogP contribution in [0.3, 0.4) is 0 Å². The van der Waals surface area contributed by atoms with Gasteiger partial charge in [0.05, 0.1) is 22.6 Å². The number of benzene rings is 1. The van der Waals surface area contributed by atoms with Crippen molar-refractivity contribution in [1.29, 1.82) is 0 Å². The van der Waals surface area contributed by atoms with Crippen molar-refractivity contribution in [3.8, 4) is 0 Å². The Bertz CT molecular complexity index is 738. The van der Waals surface area contributed by atoms with E-state index in [1.54, 1.807) is 6.07 Å². The Morgan fingerprint density at radius 1 is 1.45 bits per heavy atom. The van der Waals surface area contributed by atoms with E-state index in [1.807, 2.05) is 25.2 Å². The number of hydrogen-bond acceptors (Lipinski definition) is 4. The molecule has 2 heterocycles. The van der Waals surface area contributed by atoms with Crippen LogP contribution in [0.25, 0.3) is 11.0 Å². The number of nitrogens with one attached hydrogen (secondary N) is 1. The van der Waals surface area contributed by atoms with Crippen molar-refractivity contribution in [1.82, 2.24) is 5.32 Å². The van der Waals surface area contributed by atoms with Crippen LogP contribution in [0, 0.1) is 5.92 Å². The van der Waals surface area contributed by atoms with Gasteiger partial charge in [-0.15, -0.1) is 0 Å². The Morgan fingerprint density at radius 2 is 2.25 bits per heavy atom. The first kappa shape index (κ1) is 13.9. The quantitative estimate of drug-likeness (QED) is 0.946. The van der Waals surface area contributed by atoms with Crippen molar-refractivity contribution < 1.29 is 12.8 Å². The summed E-state index contributed by atoms with van der Waals surface area (Å²) in [6, 6.07) is 7.43. The second-order valence-electron chi connectivity index (χ2n) is 5.24. The maximum absolute atomic E-state index is 11.6. The molecular formula is C14H16ClNO3S. The summed E-state index contributed by atoms with van der Waals surface area (Å²) in [6.07, 6.45) is 0.665. The fourth-order valence-corrected chi connectivity index (χ4v) is 4.96. The highest BCUT2D eigenvalue weighted by atomic mass is 35.5. The molecular weight excluding hydrogens is 298 g/mol. The Labute approximate surface area is 123 Å². The molecule has 108 valence electrons. The summed E-state index contributed by atoms with van der Waals surface area (Å²) in [5.41, 5.74) is 0.658. The van der Waals surface area contributed by atoms with Gasteiger partial charge in [-0.3, -0.25) is 0 Å². The van der Waals surface area contributed by atoms with E-state index in [4.69, 9.17) is 16.0 Å². The first-order chi connectivity index (χ1) is 9.50. The van der Waals surface area contributed by atoms with Gasteiger partial charge in [-0.1, -0.05) is 23.7 Å². The summed E-state index contributed by atoms with van der Waals surface area (Å²) >= 11 is 6.11. The van der Waals surface area contributed by atoms with Crippen LogP contribution in [0.2, 0.25) is 5.02 Å². The number of furan rings is 1. The SMILES string of the molecule is CNC(c1cc2cccc(Cl)c2o1)C1CCS(=O)(=O)C1. The lowest BCUT2D eigenvalue weighted by Gasteiger charge is -2.19. The monoisotopic (exact) mass is 313 g/mol. The first-order valence-electron chi connectivity index (χ1n) is 6.56. The van der Waals surface area contributed by atoms with Crippen molar-refractivity contribution in [3.05, 3.63) is 35.0 Å². The van der Waals surface area contributed by atoms with Crippen molar-refractivity contribution in [2.75, 3.05) is 18.6 Å². The van der Waals surface area contributed by atoms with Crippen molar-refractivity contribution in [3.63, 3.8) is 0 Å². The number of hydrogen-bond donors (Lipinski definition) is 1.